The van der Waals surface area contributed by atoms with E-state index in [2.05, 4.69) is 252 Å². The number of anilines is 1. The van der Waals surface area contributed by atoms with E-state index in [1.54, 1.807) is 0 Å². The molecule has 2 aliphatic heterocycles. The van der Waals surface area contributed by atoms with E-state index in [0.717, 1.165) is 52.6 Å². The molecule has 0 spiro atoms. The summed E-state index contributed by atoms with van der Waals surface area (Å²) in [6.45, 7) is 39.0. The number of benzene rings is 8. The second-order valence-corrected chi connectivity index (χ2v) is 23.1. The van der Waals surface area contributed by atoms with Crippen molar-refractivity contribution in [1.29, 1.82) is 0 Å². The molecule has 0 saturated carbocycles. The fourth-order valence-electron chi connectivity index (χ4n) is 10.8. The molecule has 0 amide bonds. The molecule has 2 heterocycles. The van der Waals surface area contributed by atoms with Gasteiger partial charge in [-0.1, -0.05) is 216 Å². The molecule has 8 aromatic carbocycles. The predicted octanol–water partition coefficient (Wildman–Crippen LogP) is 17.9. The highest BCUT2D eigenvalue weighted by atomic mass is 16.5. The number of hydrogen-bond acceptors (Lipinski definition) is 4. The number of morpholine rings is 2. The van der Waals surface area contributed by atoms with Gasteiger partial charge in [0.25, 0.3) is 0 Å². The van der Waals surface area contributed by atoms with Crippen molar-refractivity contribution in [2.24, 2.45) is 0 Å². The lowest BCUT2D eigenvalue weighted by Crippen LogP contribution is -2.52. The first-order valence-corrected chi connectivity index (χ1v) is 27.0. The highest BCUT2D eigenvalue weighted by Crippen LogP contribution is 2.36. The topological polar surface area (TPSA) is 24.9 Å². The van der Waals surface area contributed by atoms with Crippen molar-refractivity contribution in [1.82, 2.24) is 4.90 Å². The Morgan fingerprint density at radius 3 is 1.36 bits per heavy atom. The molecule has 0 atom stereocenters. The molecule has 0 unspecified atom stereocenters. The zero-order chi connectivity index (χ0) is 51.7. The van der Waals surface area contributed by atoms with Crippen LogP contribution in [0.3, 0.4) is 0 Å². The number of ether oxygens (including phenoxy) is 2. The van der Waals surface area contributed by atoms with Crippen molar-refractivity contribution in [2.45, 2.75) is 138 Å². The number of fused-ring (bicyclic) bond motifs is 4. The van der Waals surface area contributed by atoms with E-state index in [9.17, 15) is 0 Å². The van der Waals surface area contributed by atoms with E-state index >= 15 is 0 Å². The summed E-state index contributed by atoms with van der Waals surface area (Å²) >= 11 is 0. The van der Waals surface area contributed by atoms with E-state index < -0.39 is 0 Å². The Kier molecular flexibility index (Phi) is 18.1. The molecule has 8 aromatic rings. The average molecular weight is 963 g/mol. The number of aryl methyl sites for hydroxylation is 1. The van der Waals surface area contributed by atoms with E-state index in [-0.39, 0.29) is 11.0 Å². The quantitative estimate of drug-likeness (QED) is 0.159. The van der Waals surface area contributed by atoms with Crippen LogP contribution in [0, 0.1) is 6.92 Å². The molecule has 4 nitrogen and oxygen atoms in total. The summed E-state index contributed by atoms with van der Waals surface area (Å²) in [5, 5.41) is 11.2. The van der Waals surface area contributed by atoms with Crippen LogP contribution in [0.4, 0.5) is 5.69 Å². The maximum Gasteiger partial charge on any atom is 0.0645 e. The molecule has 0 radical (unpaired) electrons. The Morgan fingerprint density at radius 1 is 0.444 bits per heavy atom. The molecule has 4 heteroatoms. The van der Waals surface area contributed by atoms with Gasteiger partial charge in [-0.25, -0.2) is 0 Å². The molecule has 380 valence electrons. The third-order valence-corrected chi connectivity index (χ3v) is 14.9. The fourth-order valence-corrected chi connectivity index (χ4v) is 10.8. The normalized spacial score (nSPS) is 15.2. The maximum atomic E-state index is 5.65. The predicted molar refractivity (Wildman–Crippen MR) is 314 cm³/mol. The molecule has 10 rings (SSSR count). The summed E-state index contributed by atoms with van der Waals surface area (Å²) < 4.78 is 11.1. The molecule has 0 N–H and O–H groups in total. The largest absolute Gasteiger partial charge is 0.378 e. The summed E-state index contributed by atoms with van der Waals surface area (Å²) in [6, 6.07) is 53.3. The SMILES string of the molecule is CC(C)c1ccc(C(C)(C)C)c2ccccc12.CC(C)c1ccc(CN2CCOCC2(C)C)c2ccccc12.CC(C)c1ccc(N2CCOCC2)c2ccccc12.Cc1ccc(C(C)C)c2ccccc12. The van der Waals surface area contributed by atoms with E-state index in [1.807, 2.05) is 0 Å². The van der Waals surface area contributed by atoms with Gasteiger partial charge in [-0.05, 0) is 133 Å². The summed E-state index contributed by atoms with van der Waals surface area (Å²) in [7, 11) is 0. The van der Waals surface area contributed by atoms with Crippen molar-refractivity contribution in [3.8, 4) is 0 Å². The summed E-state index contributed by atoms with van der Waals surface area (Å²) in [5.74, 6) is 2.29. The van der Waals surface area contributed by atoms with Crippen molar-refractivity contribution in [3.05, 3.63) is 185 Å². The molecule has 2 aliphatic rings. The third kappa shape index (κ3) is 12.8. The van der Waals surface area contributed by atoms with Crippen molar-refractivity contribution in [3.63, 3.8) is 0 Å². The molecular formula is C68H86N2O2. The van der Waals surface area contributed by atoms with Crippen LogP contribution in [-0.4, -0.2) is 56.5 Å². The minimum Gasteiger partial charge on any atom is -0.378 e. The lowest BCUT2D eigenvalue weighted by Gasteiger charge is -2.42. The van der Waals surface area contributed by atoms with Gasteiger partial charge in [-0.15, -0.1) is 0 Å². The molecule has 0 bridgehead atoms. The van der Waals surface area contributed by atoms with Crippen LogP contribution in [-0.2, 0) is 21.4 Å². The van der Waals surface area contributed by atoms with Crippen LogP contribution in [0.5, 0.6) is 0 Å². The minimum absolute atomic E-state index is 0.107. The van der Waals surface area contributed by atoms with Gasteiger partial charge in [0.15, 0.2) is 0 Å². The Morgan fingerprint density at radius 2 is 0.847 bits per heavy atom. The van der Waals surface area contributed by atoms with E-state index in [0.29, 0.717) is 23.7 Å². The van der Waals surface area contributed by atoms with Gasteiger partial charge < -0.3 is 14.4 Å². The van der Waals surface area contributed by atoms with Crippen LogP contribution in [0.2, 0.25) is 0 Å². The summed E-state index contributed by atoms with van der Waals surface area (Å²) in [5.41, 5.74) is 11.7. The van der Waals surface area contributed by atoms with Gasteiger partial charge in [-0.3, -0.25) is 4.90 Å². The molecule has 2 fully saturated rings. The van der Waals surface area contributed by atoms with Crippen molar-refractivity contribution in [2.75, 3.05) is 51.0 Å². The lowest BCUT2D eigenvalue weighted by atomic mass is 9.81. The minimum atomic E-state index is 0.107. The zero-order valence-electron chi connectivity index (χ0n) is 46.5. The number of hydrogen-bond donors (Lipinski definition) is 0. The lowest BCUT2D eigenvalue weighted by molar-refractivity contribution is -0.0551. The first-order valence-electron chi connectivity index (χ1n) is 27.0. The average Bonchev–Trinajstić information content (AvgIpc) is 3.36. The Bertz CT molecular complexity index is 3040. The van der Waals surface area contributed by atoms with E-state index in [4.69, 9.17) is 9.47 Å². The van der Waals surface area contributed by atoms with Gasteiger partial charge in [0.2, 0.25) is 0 Å². The van der Waals surface area contributed by atoms with Crippen LogP contribution in [0.1, 0.15) is 153 Å². The zero-order valence-corrected chi connectivity index (χ0v) is 46.5. The first kappa shape index (κ1) is 54.3. The van der Waals surface area contributed by atoms with Crippen LogP contribution in [0.15, 0.2) is 146 Å². The number of rotatable bonds is 7. The van der Waals surface area contributed by atoms with Gasteiger partial charge >= 0.3 is 0 Å². The molecule has 0 aromatic heterocycles. The van der Waals surface area contributed by atoms with Gasteiger partial charge in [0.1, 0.15) is 0 Å². The fraction of sp³-hybridized carbons (Fsp3) is 0.412. The van der Waals surface area contributed by atoms with Gasteiger partial charge in [0, 0.05) is 42.8 Å². The first-order chi connectivity index (χ1) is 34.4. The molecule has 2 saturated heterocycles. The molecular weight excluding hydrogens is 877 g/mol. The van der Waals surface area contributed by atoms with Gasteiger partial charge in [0.05, 0.1) is 26.4 Å². The van der Waals surface area contributed by atoms with Crippen molar-refractivity contribution < 1.29 is 9.47 Å². The summed E-state index contributed by atoms with van der Waals surface area (Å²) in [4.78, 5) is 4.99. The standard InChI is InChI=1S/C20H27NO.C17H21NO.C17H22.C14H16/c1-15(2)17-10-9-16(18-7-5-6-8-19(17)18)13-21-11-12-22-14-20(21,3)4;1-13(2)14-7-8-17(18-9-11-19-12-10-18)16-6-4-3-5-15(14)16;1-12(2)13-10-11-16(17(3,4)5)15-9-7-6-8-14(13)15;1-10(2)12-9-8-11(3)13-6-4-5-7-14(12)13/h5-10,15H,11-14H2,1-4H3;3-8,13H,9-12H2,1-2H3;6-12H,1-5H3;4-10H,1-3H3. The van der Waals surface area contributed by atoms with Crippen LogP contribution in [0.25, 0.3) is 43.1 Å². The third-order valence-electron chi connectivity index (χ3n) is 14.9. The Balaban J connectivity index is 0.000000143. The number of nitrogens with zero attached hydrogens (tertiary/aromatic N) is 2. The van der Waals surface area contributed by atoms with Crippen LogP contribution < -0.4 is 4.90 Å². The summed E-state index contributed by atoms with van der Waals surface area (Å²) in [6.07, 6.45) is 0. The Labute approximate surface area is 434 Å². The van der Waals surface area contributed by atoms with Gasteiger partial charge in [-0.2, -0.15) is 0 Å². The Hall–Kier alpha value is -5.52. The van der Waals surface area contributed by atoms with Crippen molar-refractivity contribution >= 4 is 48.8 Å². The van der Waals surface area contributed by atoms with Crippen LogP contribution >= 0.6 is 0 Å². The van der Waals surface area contributed by atoms with E-state index in [1.165, 1.54) is 87.7 Å². The second kappa shape index (κ2) is 24.0. The molecule has 0 aliphatic carbocycles. The highest BCUT2D eigenvalue weighted by Gasteiger charge is 2.31. The highest BCUT2D eigenvalue weighted by molar-refractivity contribution is 5.97. The maximum absolute atomic E-state index is 5.65. The molecule has 72 heavy (non-hydrogen) atoms. The monoisotopic (exact) mass is 963 g/mol. The second-order valence-electron chi connectivity index (χ2n) is 23.1. The smallest absolute Gasteiger partial charge is 0.0645 e.